The normalized spacial score (nSPS) is 10.0. The molecule has 0 aliphatic rings. The molecule has 3 heteroatoms. The summed E-state index contributed by atoms with van der Waals surface area (Å²) in [6, 6.07) is 10.6. The predicted octanol–water partition coefficient (Wildman–Crippen LogP) is 0.494. The Morgan fingerprint density at radius 1 is 0.800 bits per heavy atom. The number of benzene rings is 1. The summed E-state index contributed by atoms with van der Waals surface area (Å²) in [6.45, 7) is 0. The Balaban J connectivity index is 0.00000361. The van der Waals surface area contributed by atoms with E-state index in [2.05, 4.69) is 30.3 Å². The smallest absolute Gasteiger partial charge is 0.550 e. The zero-order valence-electron chi connectivity index (χ0n) is 12.8. The zero-order chi connectivity index (χ0) is 13.8. The van der Waals surface area contributed by atoms with Crippen LogP contribution in [0.15, 0.2) is 30.3 Å². The monoisotopic (exact) mass is 284 g/mol. The summed E-state index contributed by atoms with van der Waals surface area (Å²) in [5.74, 6) is -0.916. The Labute approximate surface area is 145 Å². The van der Waals surface area contributed by atoms with E-state index >= 15 is 0 Å². The van der Waals surface area contributed by atoms with Gasteiger partial charge in [-0.3, -0.25) is 0 Å². The van der Waals surface area contributed by atoms with Crippen LogP contribution in [-0.2, 0) is 11.2 Å². The fraction of sp³-hybridized carbons (Fsp3) is 0.588. The molecule has 0 unspecified atom stereocenters. The van der Waals surface area contributed by atoms with E-state index in [-0.39, 0.29) is 36.0 Å². The van der Waals surface area contributed by atoms with Gasteiger partial charge in [0.1, 0.15) is 0 Å². The van der Waals surface area contributed by atoms with Crippen LogP contribution in [0, 0.1) is 0 Å². The molecule has 0 fully saturated rings. The number of aliphatic carboxylic acids is 1. The molecule has 20 heavy (non-hydrogen) atoms. The van der Waals surface area contributed by atoms with Gasteiger partial charge in [0.25, 0.3) is 0 Å². The molecule has 0 N–H and O–H groups in total. The van der Waals surface area contributed by atoms with Crippen molar-refractivity contribution in [1.29, 1.82) is 0 Å². The summed E-state index contributed by atoms with van der Waals surface area (Å²) in [5.41, 5.74) is 1.43. The second-order valence-electron chi connectivity index (χ2n) is 5.19. The summed E-state index contributed by atoms with van der Waals surface area (Å²) < 4.78 is 0. The number of carboxylic acid groups (broad SMARTS) is 1. The van der Waals surface area contributed by atoms with Crippen molar-refractivity contribution in [3.63, 3.8) is 0 Å². The van der Waals surface area contributed by atoms with Crippen molar-refractivity contribution in [2.45, 2.75) is 64.2 Å². The van der Waals surface area contributed by atoms with Crippen molar-refractivity contribution in [2.75, 3.05) is 0 Å². The topological polar surface area (TPSA) is 40.1 Å². The minimum absolute atomic E-state index is 0. The van der Waals surface area contributed by atoms with Gasteiger partial charge in [0.2, 0.25) is 0 Å². The minimum Gasteiger partial charge on any atom is -0.550 e. The molecule has 1 aromatic carbocycles. The second-order valence-corrected chi connectivity index (χ2v) is 5.19. The van der Waals surface area contributed by atoms with Gasteiger partial charge in [-0.2, -0.15) is 0 Å². The summed E-state index contributed by atoms with van der Waals surface area (Å²) in [5, 5.41) is 10.2. The van der Waals surface area contributed by atoms with Crippen LogP contribution in [0.5, 0.6) is 0 Å². The van der Waals surface area contributed by atoms with Gasteiger partial charge in [0.15, 0.2) is 0 Å². The maximum atomic E-state index is 10.2. The molecule has 0 saturated heterocycles. The van der Waals surface area contributed by atoms with Gasteiger partial charge in [-0.05, 0) is 31.2 Å². The van der Waals surface area contributed by atoms with E-state index in [4.69, 9.17) is 0 Å². The first-order chi connectivity index (χ1) is 9.29. The van der Waals surface area contributed by atoms with Crippen molar-refractivity contribution >= 4 is 5.97 Å². The fourth-order valence-electron chi connectivity index (χ4n) is 2.30. The average molecular weight is 284 g/mol. The average Bonchev–Trinajstić information content (AvgIpc) is 2.42. The van der Waals surface area contributed by atoms with Crippen LogP contribution < -0.4 is 34.7 Å². The van der Waals surface area contributed by atoms with E-state index in [0.29, 0.717) is 0 Å². The Kier molecular flexibility index (Phi) is 13.5. The molecule has 0 radical (unpaired) electrons. The summed E-state index contributed by atoms with van der Waals surface area (Å²) in [7, 11) is 0. The van der Waals surface area contributed by atoms with Crippen LogP contribution >= 0.6 is 0 Å². The van der Waals surface area contributed by atoms with Gasteiger partial charge in [-0.1, -0.05) is 68.9 Å². The molecule has 0 aromatic heterocycles. The molecule has 0 amide bonds. The summed E-state index contributed by atoms with van der Waals surface area (Å²) >= 11 is 0. The van der Waals surface area contributed by atoms with Crippen LogP contribution in [0.2, 0.25) is 0 Å². The largest absolute Gasteiger partial charge is 1.00 e. The number of hydrogen-bond acceptors (Lipinski definition) is 2. The summed E-state index contributed by atoms with van der Waals surface area (Å²) in [4.78, 5) is 10.2. The van der Waals surface area contributed by atoms with Crippen LogP contribution in [0.25, 0.3) is 0 Å². The van der Waals surface area contributed by atoms with E-state index in [1.807, 2.05) is 0 Å². The van der Waals surface area contributed by atoms with E-state index in [1.165, 1.54) is 44.1 Å². The van der Waals surface area contributed by atoms with Gasteiger partial charge in [-0.25, -0.2) is 0 Å². The Morgan fingerprint density at radius 2 is 1.30 bits per heavy atom. The van der Waals surface area contributed by atoms with E-state index in [0.717, 1.165) is 19.3 Å². The molecule has 1 aromatic rings. The number of carbonyl (C=O) groups excluding carboxylic acids is 1. The maximum absolute atomic E-state index is 10.2. The number of rotatable bonds is 11. The van der Waals surface area contributed by atoms with Crippen LogP contribution in [0.4, 0.5) is 0 Å². The molecule has 0 saturated carbocycles. The Bertz CT molecular complexity index is 338. The Hall–Kier alpha value is -0.310. The van der Waals surface area contributed by atoms with Crippen molar-refractivity contribution in [1.82, 2.24) is 0 Å². The van der Waals surface area contributed by atoms with Gasteiger partial charge < -0.3 is 9.90 Å². The standard InChI is InChI=1S/C17H26O2.Na/c18-17(19)15-11-6-4-2-1-3-5-8-12-16-13-9-7-10-14-16;/h7,9-10,13-14H,1-6,8,11-12,15H2,(H,18,19);/q;+1/p-1. The molecular formula is C17H25NaO2. The molecule has 2 nitrogen and oxygen atoms in total. The van der Waals surface area contributed by atoms with Crippen molar-refractivity contribution < 1.29 is 39.5 Å². The molecule has 0 spiro atoms. The molecule has 0 heterocycles. The third kappa shape index (κ3) is 11.5. The maximum Gasteiger partial charge on any atom is 1.00 e. The molecule has 0 aliphatic heterocycles. The van der Waals surface area contributed by atoms with E-state index < -0.39 is 5.97 Å². The fourth-order valence-corrected chi connectivity index (χ4v) is 2.30. The van der Waals surface area contributed by atoms with E-state index in [1.54, 1.807) is 0 Å². The number of aryl methyl sites for hydroxylation is 1. The van der Waals surface area contributed by atoms with E-state index in [9.17, 15) is 9.90 Å². The number of hydrogen-bond donors (Lipinski definition) is 0. The molecule has 0 atom stereocenters. The summed E-state index contributed by atoms with van der Waals surface area (Å²) in [6.07, 6.45) is 10.7. The first kappa shape index (κ1) is 19.7. The quantitative estimate of drug-likeness (QED) is 0.438. The third-order valence-corrected chi connectivity index (χ3v) is 3.44. The number of carbonyl (C=O) groups is 1. The minimum atomic E-state index is -0.916. The van der Waals surface area contributed by atoms with Crippen LogP contribution in [0.1, 0.15) is 63.4 Å². The molecular weight excluding hydrogens is 259 g/mol. The SMILES string of the molecule is O=C([O-])CCCCCCCCCCc1ccccc1.[Na+]. The van der Waals surface area contributed by atoms with Crippen molar-refractivity contribution in [3.8, 4) is 0 Å². The molecule has 0 bridgehead atoms. The number of carboxylic acids is 1. The van der Waals surface area contributed by atoms with Crippen LogP contribution in [0.3, 0.4) is 0 Å². The first-order valence-electron chi connectivity index (χ1n) is 7.53. The van der Waals surface area contributed by atoms with Crippen LogP contribution in [-0.4, -0.2) is 5.97 Å². The molecule has 1 rings (SSSR count). The first-order valence-corrected chi connectivity index (χ1v) is 7.53. The van der Waals surface area contributed by atoms with Crippen molar-refractivity contribution in [2.24, 2.45) is 0 Å². The van der Waals surface area contributed by atoms with Gasteiger partial charge in [-0.15, -0.1) is 0 Å². The van der Waals surface area contributed by atoms with Gasteiger partial charge in [0.05, 0.1) is 0 Å². The third-order valence-electron chi connectivity index (χ3n) is 3.44. The zero-order valence-corrected chi connectivity index (χ0v) is 14.8. The van der Waals surface area contributed by atoms with Gasteiger partial charge in [0, 0.05) is 5.97 Å². The second kappa shape index (κ2) is 13.7. The van der Waals surface area contributed by atoms with Gasteiger partial charge >= 0.3 is 29.6 Å². The molecule has 0 aliphatic carbocycles. The van der Waals surface area contributed by atoms with Crippen molar-refractivity contribution in [3.05, 3.63) is 35.9 Å². The Morgan fingerprint density at radius 3 is 1.85 bits per heavy atom. The predicted molar refractivity (Wildman–Crippen MR) is 76.7 cm³/mol. The number of unbranched alkanes of at least 4 members (excludes halogenated alkanes) is 7. The molecule has 106 valence electrons.